The van der Waals surface area contributed by atoms with Gasteiger partial charge in [-0.2, -0.15) is 0 Å². The van der Waals surface area contributed by atoms with Gasteiger partial charge >= 0.3 is 6.09 Å². The van der Waals surface area contributed by atoms with Gasteiger partial charge in [0.2, 0.25) is 0 Å². The topological polar surface area (TPSA) is 38.3 Å². The second-order valence-corrected chi connectivity index (χ2v) is 3.24. The van der Waals surface area contributed by atoms with E-state index in [1.165, 1.54) is 0 Å². The van der Waals surface area contributed by atoms with Crippen molar-refractivity contribution in [1.29, 1.82) is 0 Å². The molecule has 1 aliphatic heterocycles. The second kappa shape index (κ2) is 2.78. The van der Waals surface area contributed by atoms with Crippen molar-refractivity contribution >= 4 is 11.8 Å². The number of cyclic esters (lactones) is 1. The molecule has 70 valence electrons. The third-order valence-corrected chi connectivity index (χ3v) is 2.25. The van der Waals surface area contributed by atoms with Crippen LogP contribution in [0, 0.1) is 12.3 Å². The minimum absolute atomic E-state index is 0.510. The quantitative estimate of drug-likeness (QED) is 0.631. The Morgan fingerprint density at radius 1 is 1.50 bits per heavy atom. The van der Waals surface area contributed by atoms with E-state index < -0.39 is 11.7 Å². The molecule has 0 saturated carbocycles. The summed E-state index contributed by atoms with van der Waals surface area (Å²) < 4.78 is 5.06. The van der Waals surface area contributed by atoms with Crippen molar-refractivity contribution in [2.24, 2.45) is 0 Å². The summed E-state index contributed by atoms with van der Waals surface area (Å²) in [5.74, 6) is 2.48. The minimum Gasteiger partial charge on any atom is -0.425 e. The van der Waals surface area contributed by atoms with Crippen LogP contribution in [0.1, 0.15) is 12.5 Å². The Bertz CT molecular complexity index is 433. The maximum absolute atomic E-state index is 11.2. The summed E-state index contributed by atoms with van der Waals surface area (Å²) in [4.78, 5) is 11.2. The lowest BCUT2D eigenvalue weighted by Crippen LogP contribution is -2.35. The summed E-state index contributed by atoms with van der Waals surface area (Å²) in [7, 11) is 0. The van der Waals surface area contributed by atoms with Crippen LogP contribution in [0.3, 0.4) is 0 Å². The number of hydrogen-bond acceptors (Lipinski definition) is 2. The van der Waals surface area contributed by atoms with Crippen LogP contribution >= 0.6 is 0 Å². The number of para-hydroxylation sites is 1. The number of ether oxygens (including phenoxy) is 1. The van der Waals surface area contributed by atoms with Crippen molar-refractivity contribution in [2.75, 3.05) is 5.32 Å². The monoisotopic (exact) mass is 187 g/mol. The molecular weight excluding hydrogens is 178 g/mol. The third-order valence-electron chi connectivity index (χ3n) is 2.25. The van der Waals surface area contributed by atoms with Crippen molar-refractivity contribution in [3.05, 3.63) is 29.8 Å². The molecule has 1 atom stereocenters. The molecule has 1 aliphatic rings. The molecule has 0 spiro atoms. The predicted molar refractivity (Wildman–Crippen MR) is 52.7 cm³/mol. The predicted octanol–water partition coefficient (Wildman–Crippen LogP) is 2.10. The zero-order valence-electron chi connectivity index (χ0n) is 7.70. The Hall–Kier alpha value is -1.95. The van der Waals surface area contributed by atoms with Gasteiger partial charge in [-0.05, 0) is 13.0 Å². The number of nitrogens with one attached hydrogen (secondary N) is 1. The summed E-state index contributed by atoms with van der Waals surface area (Å²) >= 11 is 0. The molecule has 3 heteroatoms. The number of benzene rings is 1. The molecule has 14 heavy (non-hydrogen) atoms. The first-order valence-corrected chi connectivity index (χ1v) is 4.23. The first-order chi connectivity index (χ1) is 6.65. The van der Waals surface area contributed by atoms with Gasteiger partial charge in [0.25, 0.3) is 0 Å². The standard InChI is InChI=1S/C11H9NO2/c1-3-11(2)8-6-4-5-7-9(8)12-10(13)14-11/h1,4-7H,2H3,(H,12,13). The molecule has 0 fully saturated rings. The lowest BCUT2D eigenvalue weighted by Gasteiger charge is -2.31. The van der Waals surface area contributed by atoms with Crippen LogP contribution in [-0.4, -0.2) is 6.09 Å². The molecule has 1 heterocycles. The highest BCUT2D eigenvalue weighted by atomic mass is 16.6. The van der Waals surface area contributed by atoms with Crippen LogP contribution in [0.25, 0.3) is 0 Å². The van der Waals surface area contributed by atoms with Crippen LogP contribution in [0.15, 0.2) is 24.3 Å². The molecule has 1 aromatic rings. The molecule has 3 nitrogen and oxygen atoms in total. The van der Waals surface area contributed by atoms with E-state index in [2.05, 4.69) is 11.2 Å². The maximum Gasteiger partial charge on any atom is 0.413 e. The van der Waals surface area contributed by atoms with E-state index in [0.717, 1.165) is 5.56 Å². The lowest BCUT2D eigenvalue weighted by atomic mass is 9.94. The highest BCUT2D eigenvalue weighted by molar-refractivity contribution is 5.89. The Morgan fingerprint density at radius 3 is 2.93 bits per heavy atom. The lowest BCUT2D eigenvalue weighted by molar-refractivity contribution is 0.0716. The SMILES string of the molecule is C#CC1(C)OC(=O)Nc2ccccc21. The van der Waals surface area contributed by atoms with Gasteiger partial charge in [0.1, 0.15) is 0 Å². The summed E-state index contributed by atoms with van der Waals surface area (Å²) in [5, 5.41) is 2.59. The molecule has 0 aliphatic carbocycles. The fourth-order valence-electron chi connectivity index (χ4n) is 1.49. The van der Waals surface area contributed by atoms with Crippen molar-refractivity contribution in [2.45, 2.75) is 12.5 Å². The van der Waals surface area contributed by atoms with Gasteiger partial charge in [-0.1, -0.05) is 24.1 Å². The summed E-state index contributed by atoms with van der Waals surface area (Å²) in [6.07, 6.45) is 4.85. The Balaban J connectivity index is 2.61. The second-order valence-electron chi connectivity index (χ2n) is 3.24. The number of rotatable bonds is 0. The average Bonchev–Trinajstić information content (AvgIpc) is 2.17. The summed E-state index contributed by atoms with van der Waals surface area (Å²) in [6, 6.07) is 7.33. The van der Waals surface area contributed by atoms with E-state index in [1.54, 1.807) is 13.0 Å². The molecule has 0 radical (unpaired) electrons. The Labute approximate surface area is 82.1 Å². The van der Waals surface area contributed by atoms with E-state index in [0.29, 0.717) is 5.69 Å². The summed E-state index contributed by atoms with van der Waals surface area (Å²) in [5.41, 5.74) is 0.560. The van der Waals surface area contributed by atoms with E-state index in [9.17, 15) is 4.79 Å². The van der Waals surface area contributed by atoms with Crippen LogP contribution in [-0.2, 0) is 10.3 Å². The van der Waals surface area contributed by atoms with Crippen LogP contribution in [0.2, 0.25) is 0 Å². The maximum atomic E-state index is 11.2. The van der Waals surface area contributed by atoms with E-state index in [1.807, 2.05) is 18.2 Å². The highest BCUT2D eigenvalue weighted by Crippen LogP contribution is 2.34. The molecule has 0 saturated heterocycles. The van der Waals surface area contributed by atoms with Crippen molar-refractivity contribution in [1.82, 2.24) is 0 Å². The number of amides is 1. The molecule has 1 aromatic carbocycles. The van der Waals surface area contributed by atoms with Gasteiger partial charge < -0.3 is 4.74 Å². The van der Waals surface area contributed by atoms with Gasteiger partial charge in [0.15, 0.2) is 5.60 Å². The van der Waals surface area contributed by atoms with Crippen molar-refractivity contribution in [3.8, 4) is 12.3 Å². The molecule has 0 bridgehead atoms. The van der Waals surface area contributed by atoms with Crippen molar-refractivity contribution < 1.29 is 9.53 Å². The normalized spacial score (nSPS) is 24.1. The molecule has 2 rings (SSSR count). The van der Waals surface area contributed by atoms with Crippen LogP contribution in [0.5, 0.6) is 0 Å². The molecule has 1 amide bonds. The molecule has 1 unspecified atom stereocenters. The van der Waals surface area contributed by atoms with Gasteiger partial charge in [-0.25, -0.2) is 4.79 Å². The zero-order chi connectivity index (χ0) is 10.2. The molecule has 0 aromatic heterocycles. The van der Waals surface area contributed by atoms with E-state index in [4.69, 9.17) is 11.2 Å². The molecular formula is C11H9NO2. The third kappa shape index (κ3) is 1.12. The average molecular weight is 187 g/mol. The number of hydrogen-bond donors (Lipinski definition) is 1. The zero-order valence-corrected chi connectivity index (χ0v) is 7.70. The largest absolute Gasteiger partial charge is 0.425 e. The van der Waals surface area contributed by atoms with Gasteiger partial charge in [-0.3, -0.25) is 5.32 Å². The summed E-state index contributed by atoms with van der Waals surface area (Å²) in [6.45, 7) is 1.70. The van der Waals surface area contributed by atoms with Crippen LogP contribution < -0.4 is 5.32 Å². The van der Waals surface area contributed by atoms with Crippen LogP contribution in [0.4, 0.5) is 10.5 Å². The fourth-order valence-corrected chi connectivity index (χ4v) is 1.49. The molecule has 1 N–H and O–H groups in total. The van der Waals surface area contributed by atoms with Gasteiger partial charge in [0, 0.05) is 5.56 Å². The van der Waals surface area contributed by atoms with Gasteiger partial charge in [0.05, 0.1) is 5.69 Å². The Kier molecular flexibility index (Phi) is 1.71. The number of carbonyl (C=O) groups excluding carboxylic acids is 1. The number of carbonyl (C=O) groups is 1. The number of fused-ring (bicyclic) bond motifs is 1. The highest BCUT2D eigenvalue weighted by Gasteiger charge is 2.35. The van der Waals surface area contributed by atoms with E-state index in [-0.39, 0.29) is 0 Å². The number of terminal acetylenes is 1. The van der Waals surface area contributed by atoms with Crippen molar-refractivity contribution in [3.63, 3.8) is 0 Å². The van der Waals surface area contributed by atoms with E-state index >= 15 is 0 Å². The fraction of sp³-hybridized carbons (Fsp3) is 0.182. The van der Waals surface area contributed by atoms with Gasteiger partial charge in [-0.15, -0.1) is 6.42 Å². The Morgan fingerprint density at radius 2 is 2.21 bits per heavy atom. The number of anilines is 1. The smallest absolute Gasteiger partial charge is 0.413 e. The first kappa shape index (κ1) is 8.64. The first-order valence-electron chi connectivity index (χ1n) is 4.23. The minimum atomic E-state index is -0.959.